The van der Waals surface area contributed by atoms with E-state index in [1.807, 2.05) is 0 Å². The number of amides is 1. The second-order valence-corrected chi connectivity index (χ2v) is 3.64. The number of halogens is 2. The van der Waals surface area contributed by atoms with Crippen molar-refractivity contribution >= 4 is 5.91 Å². The van der Waals surface area contributed by atoms with Crippen molar-refractivity contribution < 1.29 is 23.4 Å². The number of hydrogen-bond acceptors (Lipinski definition) is 3. The van der Waals surface area contributed by atoms with Gasteiger partial charge in [0.05, 0.1) is 18.2 Å². The Labute approximate surface area is 104 Å². The van der Waals surface area contributed by atoms with Crippen molar-refractivity contribution in [1.29, 1.82) is 0 Å². The lowest BCUT2D eigenvalue weighted by Crippen LogP contribution is -2.37. The molecule has 0 aliphatic heterocycles. The first-order valence-corrected chi connectivity index (χ1v) is 5.54. The number of carbonyl (C=O) groups is 1. The molecule has 0 aromatic heterocycles. The third-order valence-corrected chi connectivity index (χ3v) is 2.40. The van der Waals surface area contributed by atoms with Crippen LogP contribution in [-0.2, 0) is 0 Å². The number of rotatable bonds is 6. The summed E-state index contributed by atoms with van der Waals surface area (Å²) in [5, 5.41) is 11.5. The summed E-state index contributed by atoms with van der Waals surface area (Å²) in [6, 6.07) is 5.32. The van der Waals surface area contributed by atoms with Crippen LogP contribution in [0.25, 0.3) is 0 Å². The third kappa shape index (κ3) is 3.96. The molecule has 2 N–H and O–H groups in total. The summed E-state index contributed by atoms with van der Waals surface area (Å²) < 4.78 is 28.6. The molecule has 0 aliphatic carbocycles. The van der Waals surface area contributed by atoms with Crippen molar-refractivity contribution in [2.24, 2.45) is 0 Å². The van der Waals surface area contributed by atoms with Crippen molar-refractivity contribution in [3.8, 4) is 5.75 Å². The Balaban J connectivity index is 2.84. The number of alkyl halides is 2. The molecule has 1 aromatic carbocycles. The molecule has 0 spiro atoms. The van der Waals surface area contributed by atoms with Gasteiger partial charge in [-0.15, -0.1) is 0 Å². The molecular weight excluding hydrogens is 244 g/mol. The van der Waals surface area contributed by atoms with Crippen LogP contribution in [0, 0.1) is 0 Å². The predicted molar refractivity (Wildman–Crippen MR) is 61.7 cm³/mol. The summed E-state index contributed by atoms with van der Waals surface area (Å²) in [6.45, 7) is -1.40. The lowest BCUT2D eigenvalue weighted by Gasteiger charge is -2.15. The van der Waals surface area contributed by atoms with E-state index in [0.29, 0.717) is 6.42 Å². The molecule has 1 amide bonds. The van der Waals surface area contributed by atoms with Crippen LogP contribution in [0.2, 0.25) is 0 Å². The average Bonchev–Trinajstić information content (AvgIpc) is 2.35. The highest BCUT2D eigenvalue weighted by atomic mass is 19.3. The van der Waals surface area contributed by atoms with Gasteiger partial charge in [-0.05, 0) is 18.6 Å². The zero-order valence-corrected chi connectivity index (χ0v) is 9.90. The van der Waals surface area contributed by atoms with Crippen LogP contribution < -0.4 is 10.1 Å². The lowest BCUT2D eigenvalue weighted by atomic mass is 10.1. The SMILES string of the molecule is CC[C@H](CO)NC(=O)c1ccccc1OC(F)F. The third-order valence-electron chi connectivity index (χ3n) is 2.40. The standard InChI is InChI=1S/C12H15F2NO3/c1-2-8(7-16)15-11(17)9-5-3-4-6-10(9)18-12(13)14/h3-6,8,12,16H,2,7H2,1H3,(H,15,17)/t8-/m1/s1. The number of aliphatic hydroxyl groups is 1. The topological polar surface area (TPSA) is 58.6 Å². The number of ether oxygens (including phenoxy) is 1. The van der Waals surface area contributed by atoms with Crippen molar-refractivity contribution in [1.82, 2.24) is 5.32 Å². The van der Waals surface area contributed by atoms with E-state index < -0.39 is 18.6 Å². The lowest BCUT2D eigenvalue weighted by molar-refractivity contribution is -0.0501. The zero-order chi connectivity index (χ0) is 13.5. The van der Waals surface area contributed by atoms with Crippen LogP contribution in [0.1, 0.15) is 23.7 Å². The second-order valence-electron chi connectivity index (χ2n) is 3.64. The molecule has 4 nitrogen and oxygen atoms in total. The molecule has 0 unspecified atom stereocenters. The van der Waals surface area contributed by atoms with Gasteiger partial charge < -0.3 is 15.2 Å². The van der Waals surface area contributed by atoms with Crippen LogP contribution in [0.3, 0.4) is 0 Å². The van der Waals surface area contributed by atoms with E-state index in [-0.39, 0.29) is 17.9 Å². The Morgan fingerprint density at radius 1 is 1.44 bits per heavy atom. The first kappa shape index (κ1) is 14.4. The van der Waals surface area contributed by atoms with Crippen molar-refractivity contribution in [3.63, 3.8) is 0 Å². The average molecular weight is 259 g/mol. The maximum absolute atomic E-state index is 12.2. The van der Waals surface area contributed by atoms with Gasteiger partial charge in [-0.1, -0.05) is 19.1 Å². The molecular formula is C12H15F2NO3. The number of nitrogens with one attached hydrogen (secondary N) is 1. The predicted octanol–water partition coefficient (Wildman–Crippen LogP) is 1.79. The van der Waals surface area contributed by atoms with Crippen molar-refractivity contribution in [2.75, 3.05) is 6.61 Å². The number of para-hydroxylation sites is 1. The largest absolute Gasteiger partial charge is 0.434 e. The van der Waals surface area contributed by atoms with Crippen LogP contribution in [0.15, 0.2) is 24.3 Å². The van der Waals surface area contributed by atoms with E-state index in [2.05, 4.69) is 10.1 Å². The summed E-state index contributed by atoms with van der Waals surface area (Å²) in [6.07, 6.45) is 0.542. The molecule has 0 aliphatic rings. The maximum Gasteiger partial charge on any atom is 0.387 e. The Bertz CT molecular complexity index is 395. The Morgan fingerprint density at radius 3 is 2.67 bits per heavy atom. The smallest absolute Gasteiger partial charge is 0.387 e. The van der Waals surface area contributed by atoms with Gasteiger partial charge in [-0.2, -0.15) is 8.78 Å². The number of aliphatic hydroxyl groups excluding tert-OH is 1. The highest BCUT2D eigenvalue weighted by molar-refractivity contribution is 5.97. The van der Waals surface area contributed by atoms with E-state index in [1.54, 1.807) is 13.0 Å². The molecule has 1 rings (SSSR count). The summed E-state index contributed by atoms with van der Waals surface area (Å²) in [5.74, 6) is -0.732. The monoisotopic (exact) mass is 259 g/mol. The van der Waals surface area contributed by atoms with Gasteiger partial charge in [0.2, 0.25) is 0 Å². The highest BCUT2D eigenvalue weighted by Gasteiger charge is 2.17. The van der Waals surface area contributed by atoms with E-state index >= 15 is 0 Å². The molecule has 0 saturated heterocycles. The second kappa shape index (κ2) is 6.90. The normalized spacial score (nSPS) is 12.3. The Hall–Kier alpha value is -1.69. The molecule has 0 heterocycles. The van der Waals surface area contributed by atoms with Gasteiger partial charge in [0, 0.05) is 0 Å². The molecule has 1 aromatic rings. The molecule has 0 saturated carbocycles. The van der Waals surface area contributed by atoms with E-state index in [9.17, 15) is 13.6 Å². The fourth-order valence-corrected chi connectivity index (χ4v) is 1.39. The van der Waals surface area contributed by atoms with Crippen LogP contribution in [-0.4, -0.2) is 30.3 Å². The Morgan fingerprint density at radius 2 is 2.11 bits per heavy atom. The molecule has 6 heteroatoms. The van der Waals surface area contributed by atoms with Gasteiger partial charge in [0.15, 0.2) is 0 Å². The van der Waals surface area contributed by atoms with E-state index in [0.717, 1.165) is 0 Å². The minimum atomic E-state index is -2.99. The number of hydrogen-bond donors (Lipinski definition) is 2. The number of benzene rings is 1. The molecule has 100 valence electrons. The fourth-order valence-electron chi connectivity index (χ4n) is 1.39. The van der Waals surface area contributed by atoms with Gasteiger partial charge in [-0.3, -0.25) is 4.79 Å². The molecule has 0 bridgehead atoms. The van der Waals surface area contributed by atoms with Gasteiger partial charge in [0.1, 0.15) is 5.75 Å². The van der Waals surface area contributed by atoms with Gasteiger partial charge in [-0.25, -0.2) is 0 Å². The van der Waals surface area contributed by atoms with Crippen LogP contribution in [0.5, 0.6) is 5.75 Å². The summed E-state index contributed by atoms with van der Waals surface area (Å²) in [4.78, 5) is 11.8. The minimum absolute atomic E-state index is 0.0182. The van der Waals surface area contributed by atoms with Crippen LogP contribution in [0.4, 0.5) is 8.78 Å². The van der Waals surface area contributed by atoms with Gasteiger partial charge >= 0.3 is 6.61 Å². The van der Waals surface area contributed by atoms with Gasteiger partial charge in [0.25, 0.3) is 5.91 Å². The minimum Gasteiger partial charge on any atom is -0.434 e. The molecule has 1 atom stereocenters. The van der Waals surface area contributed by atoms with Crippen molar-refractivity contribution in [2.45, 2.75) is 26.0 Å². The van der Waals surface area contributed by atoms with E-state index in [1.165, 1.54) is 18.2 Å². The first-order chi connectivity index (χ1) is 8.58. The quantitative estimate of drug-likeness (QED) is 0.818. The zero-order valence-electron chi connectivity index (χ0n) is 9.90. The Kier molecular flexibility index (Phi) is 5.51. The van der Waals surface area contributed by atoms with Crippen molar-refractivity contribution in [3.05, 3.63) is 29.8 Å². The maximum atomic E-state index is 12.2. The van der Waals surface area contributed by atoms with E-state index in [4.69, 9.17) is 5.11 Å². The molecule has 18 heavy (non-hydrogen) atoms. The number of carbonyl (C=O) groups excluding carboxylic acids is 1. The molecule has 0 fully saturated rings. The summed E-state index contributed by atoms with van der Waals surface area (Å²) >= 11 is 0. The fraction of sp³-hybridized carbons (Fsp3) is 0.417. The van der Waals surface area contributed by atoms with Crippen LogP contribution >= 0.6 is 0 Å². The first-order valence-electron chi connectivity index (χ1n) is 5.54. The molecule has 0 radical (unpaired) electrons. The highest BCUT2D eigenvalue weighted by Crippen LogP contribution is 2.20. The summed E-state index contributed by atoms with van der Waals surface area (Å²) in [7, 11) is 0. The summed E-state index contributed by atoms with van der Waals surface area (Å²) in [5.41, 5.74) is 0.0182.